The Morgan fingerprint density at radius 1 is 1.27 bits per heavy atom. The van der Waals surface area contributed by atoms with Crippen LogP contribution in [0.4, 0.5) is 0 Å². The first-order valence-corrected chi connectivity index (χ1v) is 9.97. The van der Waals surface area contributed by atoms with Crippen molar-refractivity contribution in [3.8, 4) is 0 Å². The standard InChI is InChI=1S/C21H26Cl2O3/c1-11(2)16-13(22)9-12-17(18(16)23)14(24)10-15-20(12,3)7-6-8-21(15,4)19(25)26-5/h9,11,15H,6-8,10H2,1-5H3/t15-,20-,21-/m1/s1. The molecular weight excluding hydrogens is 371 g/mol. The van der Waals surface area contributed by atoms with Crippen LogP contribution in [0.2, 0.25) is 10.0 Å². The molecule has 0 aliphatic heterocycles. The molecule has 1 aromatic carbocycles. The summed E-state index contributed by atoms with van der Waals surface area (Å²) < 4.78 is 5.11. The number of rotatable bonds is 2. The number of carbonyl (C=O) groups excluding carboxylic acids is 2. The van der Waals surface area contributed by atoms with Crippen LogP contribution in [0.15, 0.2) is 6.07 Å². The minimum atomic E-state index is -0.676. The van der Waals surface area contributed by atoms with Crippen molar-refractivity contribution in [1.82, 2.24) is 0 Å². The van der Waals surface area contributed by atoms with E-state index < -0.39 is 5.41 Å². The monoisotopic (exact) mass is 396 g/mol. The average Bonchev–Trinajstić information content (AvgIpc) is 2.55. The van der Waals surface area contributed by atoms with Gasteiger partial charge in [0.05, 0.1) is 17.5 Å². The van der Waals surface area contributed by atoms with Crippen LogP contribution in [0.1, 0.15) is 80.8 Å². The number of ketones is 1. The fourth-order valence-corrected chi connectivity index (χ4v) is 6.30. The van der Waals surface area contributed by atoms with Gasteiger partial charge in [-0.2, -0.15) is 0 Å². The molecular formula is C21H26Cl2O3. The molecule has 5 heteroatoms. The number of ether oxygens (including phenoxy) is 1. The van der Waals surface area contributed by atoms with E-state index in [9.17, 15) is 9.59 Å². The van der Waals surface area contributed by atoms with Crippen molar-refractivity contribution in [2.75, 3.05) is 7.11 Å². The van der Waals surface area contributed by atoms with Crippen LogP contribution >= 0.6 is 23.2 Å². The molecule has 26 heavy (non-hydrogen) atoms. The molecule has 0 amide bonds. The minimum absolute atomic E-state index is 0.00284. The van der Waals surface area contributed by atoms with E-state index in [0.717, 1.165) is 30.4 Å². The molecule has 0 radical (unpaired) electrons. The van der Waals surface area contributed by atoms with Crippen molar-refractivity contribution < 1.29 is 14.3 Å². The lowest BCUT2D eigenvalue weighted by Gasteiger charge is -2.53. The molecule has 1 fully saturated rings. The molecule has 1 aromatic rings. The Bertz CT molecular complexity index is 786. The van der Waals surface area contributed by atoms with Crippen LogP contribution in [-0.2, 0) is 14.9 Å². The predicted octanol–water partition coefficient (Wildman–Crippen LogP) is 5.94. The maximum absolute atomic E-state index is 13.1. The lowest BCUT2D eigenvalue weighted by atomic mass is 9.49. The molecule has 2 aliphatic carbocycles. The summed E-state index contributed by atoms with van der Waals surface area (Å²) in [5, 5.41) is 1.08. The van der Waals surface area contributed by atoms with Crippen molar-refractivity contribution in [2.45, 2.75) is 64.7 Å². The summed E-state index contributed by atoms with van der Waals surface area (Å²) in [6.07, 6.45) is 2.84. The highest BCUT2D eigenvalue weighted by Crippen LogP contribution is 2.59. The zero-order valence-electron chi connectivity index (χ0n) is 16.0. The molecule has 2 aliphatic rings. The summed E-state index contributed by atoms with van der Waals surface area (Å²) in [6, 6.07) is 1.92. The Balaban J connectivity index is 2.25. The van der Waals surface area contributed by atoms with E-state index >= 15 is 0 Å². The van der Waals surface area contributed by atoms with Gasteiger partial charge in [0.25, 0.3) is 0 Å². The molecule has 0 saturated heterocycles. The minimum Gasteiger partial charge on any atom is -0.469 e. The van der Waals surface area contributed by atoms with E-state index in [1.807, 2.05) is 26.8 Å². The number of Topliss-reactive ketones (excluding diaryl/α,β-unsaturated/α-hetero) is 1. The van der Waals surface area contributed by atoms with E-state index in [1.165, 1.54) is 7.11 Å². The number of fused-ring (bicyclic) bond motifs is 3. The van der Waals surface area contributed by atoms with Gasteiger partial charge in [-0.15, -0.1) is 0 Å². The molecule has 3 rings (SSSR count). The number of benzene rings is 1. The number of carbonyl (C=O) groups is 2. The van der Waals surface area contributed by atoms with Crippen LogP contribution in [0.5, 0.6) is 0 Å². The lowest BCUT2D eigenvalue weighted by Crippen LogP contribution is -2.53. The van der Waals surface area contributed by atoms with Gasteiger partial charge in [-0.25, -0.2) is 0 Å². The average molecular weight is 397 g/mol. The molecule has 0 heterocycles. The fraction of sp³-hybridized carbons (Fsp3) is 0.619. The van der Waals surface area contributed by atoms with Gasteiger partial charge < -0.3 is 4.74 Å². The molecule has 0 spiro atoms. The van der Waals surface area contributed by atoms with Crippen molar-refractivity contribution >= 4 is 35.0 Å². The SMILES string of the molecule is COC(=O)[C@]1(C)CCC[C@]2(C)c3cc(Cl)c(C(C)C)c(Cl)c3C(=O)C[C@@H]12. The van der Waals surface area contributed by atoms with Gasteiger partial charge >= 0.3 is 5.97 Å². The van der Waals surface area contributed by atoms with Gasteiger partial charge in [0, 0.05) is 17.0 Å². The smallest absolute Gasteiger partial charge is 0.311 e. The van der Waals surface area contributed by atoms with E-state index in [-0.39, 0.29) is 29.0 Å². The highest BCUT2D eigenvalue weighted by molar-refractivity contribution is 6.38. The van der Waals surface area contributed by atoms with E-state index in [4.69, 9.17) is 27.9 Å². The second-order valence-corrected chi connectivity index (χ2v) is 9.31. The second kappa shape index (κ2) is 6.53. The summed E-state index contributed by atoms with van der Waals surface area (Å²) in [5.41, 5.74) is 1.33. The van der Waals surface area contributed by atoms with Gasteiger partial charge in [0.2, 0.25) is 0 Å². The molecule has 0 unspecified atom stereocenters. The summed E-state index contributed by atoms with van der Waals surface area (Å²) in [4.78, 5) is 25.7. The van der Waals surface area contributed by atoms with Crippen LogP contribution in [-0.4, -0.2) is 18.9 Å². The van der Waals surface area contributed by atoms with E-state index in [2.05, 4.69) is 6.92 Å². The summed E-state index contributed by atoms with van der Waals surface area (Å²) >= 11 is 13.3. The number of methoxy groups -OCH3 is 1. The maximum atomic E-state index is 13.1. The summed E-state index contributed by atoms with van der Waals surface area (Å²) in [6.45, 7) is 8.12. The molecule has 0 aromatic heterocycles. The Hall–Kier alpha value is -1.06. The quantitative estimate of drug-likeness (QED) is 0.580. The maximum Gasteiger partial charge on any atom is 0.311 e. The first kappa shape index (κ1) is 19.7. The first-order chi connectivity index (χ1) is 12.1. The number of halogens is 2. The van der Waals surface area contributed by atoms with Crippen LogP contribution in [0.3, 0.4) is 0 Å². The van der Waals surface area contributed by atoms with E-state index in [1.54, 1.807) is 0 Å². The highest BCUT2D eigenvalue weighted by atomic mass is 35.5. The molecule has 1 saturated carbocycles. The fourth-order valence-electron chi connectivity index (χ4n) is 5.30. The zero-order chi connectivity index (χ0) is 19.4. The zero-order valence-corrected chi connectivity index (χ0v) is 17.6. The van der Waals surface area contributed by atoms with Gasteiger partial charge in [-0.3, -0.25) is 9.59 Å². The van der Waals surface area contributed by atoms with Crippen molar-refractivity contribution in [2.24, 2.45) is 11.3 Å². The first-order valence-electron chi connectivity index (χ1n) is 9.22. The molecule has 0 bridgehead atoms. The van der Waals surface area contributed by atoms with Crippen LogP contribution in [0.25, 0.3) is 0 Å². The van der Waals surface area contributed by atoms with Gasteiger partial charge in [-0.05, 0) is 54.2 Å². The molecule has 3 nitrogen and oxygen atoms in total. The molecule has 142 valence electrons. The third kappa shape index (κ3) is 2.62. The topological polar surface area (TPSA) is 43.4 Å². The second-order valence-electron chi connectivity index (χ2n) is 8.52. The third-order valence-electron chi connectivity index (χ3n) is 6.70. The largest absolute Gasteiger partial charge is 0.469 e. The molecule has 0 N–H and O–H groups in total. The summed E-state index contributed by atoms with van der Waals surface area (Å²) in [7, 11) is 1.42. The van der Waals surface area contributed by atoms with Gasteiger partial charge in [0.15, 0.2) is 5.78 Å². The Morgan fingerprint density at radius 3 is 2.50 bits per heavy atom. The normalized spacial score (nSPS) is 30.8. The number of hydrogen-bond acceptors (Lipinski definition) is 3. The molecule has 3 atom stereocenters. The lowest BCUT2D eigenvalue weighted by molar-refractivity contribution is -0.160. The van der Waals surface area contributed by atoms with E-state index in [0.29, 0.717) is 22.0 Å². The van der Waals surface area contributed by atoms with Crippen molar-refractivity contribution in [3.05, 3.63) is 32.8 Å². The van der Waals surface area contributed by atoms with Crippen LogP contribution in [0, 0.1) is 11.3 Å². The van der Waals surface area contributed by atoms with Crippen molar-refractivity contribution in [1.29, 1.82) is 0 Å². The Labute approximate surface area is 165 Å². The highest BCUT2D eigenvalue weighted by Gasteiger charge is 2.57. The van der Waals surface area contributed by atoms with Crippen molar-refractivity contribution in [3.63, 3.8) is 0 Å². The van der Waals surface area contributed by atoms with Gasteiger partial charge in [0.1, 0.15) is 0 Å². The Kier molecular flexibility index (Phi) is 4.94. The number of esters is 1. The third-order valence-corrected chi connectivity index (χ3v) is 7.40. The van der Waals surface area contributed by atoms with Crippen LogP contribution < -0.4 is 0 Å². The number of hydrogen-bond donors (Lipinski definition) is 0. The predicted molar refractivity (Wildman–Crippen MR) is 104 cm³/mol. The Morgan fingerprint density at radius 2 is 1.92 bits per heavy atom. The summed E-state index contributed by atoms with van der Waals surface area (Å²) in [5.74, 6) is -0.220. The van der Waals surface area contributed by atoms with Gasteiger partial charge in [-0.1, -0.05) is 50.4 Å².